The predicted octanol–water partition coefficient (Wildman–Crippen LogP) is 1.54. The van der Waals surface area contributed by atoms with Gasteiger partial charge in [-0.2, -0.15) is 0 Å². The molecular weight excluding hydrogens is 620 g/mol. The van der Waals surface area contributed by atoms with Crippen LogP contribution in [0.2, 0.25) is 0 Å². The first kappa shape index (κ1) is 32.4. The van der Waals surface area contributed by atoms with Gasteiger partial charge in [0.25, 0.3) is 0 Å². The van der Waals surface area contributed by atoms with Gasteiger partial charge < -0.3 is 63.1 Å². The van der Waals surface area contributed by atoms with E-state index in [4.69, 9.17) is 37.6 Å². The van der Waals surface area contributed by atoms with Gasteiger partial charge >= 0.3 is 0 Å². The summed E-state index contributed by atoms with van der Waals surface area (Å²) in [6, 6.07) is 13.2. The molecular formula is C33H34O14. The fourth-order valence-electron chi connectivity index (χ4n) is 5.63. The van der Waals surface area contributed by atoms with Crippen LogP contribution in [0, 0.1) is 0 Å². The van der Waals surface area contributed by atoms with Gasteiger partial charge in [-0.15, -0.1) is 0 Å². The van der Waals surface area contributed by atoms with Crippen LogP contribution in [0.1, 0.15) is 11.7 Å². The van der Waals surface area contributed by atoms with Crippen molar-refractivity contribution in [3.05, 3.63) is 70.6 Å². The highest BCUT2D eigenvalue weighted by atomic mass is 16.7. The molecule has 2 aliphatic rings. The SMILES string of the molecule is COc1ccc(-c2coc3c4c(ccc3c2=O)O[C@H](c2cc(OC)c(O[C@@H]3O[C@H](CO)[C@@H](O)[C@H](O)[C@H]3O)c(OC)c2)[C@@H](CO)O4)cc1. The molecule has 0 amide bonds. The number of aliphatic hydroxyl groups excluding tert-OH is 5. The molecule has 6 rings (SSSR count). The minimum atomic E-state index is -1.67. The minimum Gasteiger partial charge on any atom is -0.497 e. The highest BCUT2D eigenvalue weighted by molar-refractivity contribution is 5.88. The number of rotatable bonds is 9. The smallest absolute Gasteiger partial charge is 0.229 e. The van der Waals surface area contributed by atoms with Crippen LogP contribution in [0.4, 0.5) is 0 Å². The van der Waals surface area contributed by atoms with E-state index in [9.17, 15) is 30.3 Å². The lowest BCUT2D eigenvalue weighted by molar-refractivity contribution is -0.277. The number of methoxy groups -OCH3 is 3. The van der Waals surface area contributed by atoms with Gasteiger partial charge in [-0.25, -0.2) is 0 Å². The van der Waals surface area contributed by atoms with E-state index < -0.39 is 56.1 Å². The number of benzene rings is 3. The Morgan fingerprint density at radius 2 is 1.47 bits per heavy atom. The first-order chi connectivity index (χ1) is 22.7. The largest absolute Gasteiger partial charge is 0.497 e. The average Bonchev–Trinajstić information content (AvgIpc) is 3.11. The number of fused-ring (bicyclic) bond motifs is 3. The third-order valence-corrected chi connectivity index (χ3v) is 8.20. The number of hydrogen-bond acceptors (Lipinski definition) is 14. The van der Waals surface area contributed by atoms with E-state index in [1.54, 1.807) is 55.6 Å². The van der Waals surface area contributed by atoms with E-state index in [1.807, 2.05) is 0 Å². The maximum atomic E-state index is 13.5. The molecule has 4 aromatic rings. The standard InChI is InChI=1S/C33H34O14/c1-40-17-6-4-15(5-7-17)19-14-43-30-18(25(19)36)8-9-20-32(30)45-24(13-35)29(44-20)16-10-21(41-2)31(22(11-16)42-3)47-33-28(39)27(38)26(37)23(12-34)46-33/h4-11,14,23-24,26-29,33-35,37-39H,12-13H2,1-3H3/t23-,24-,26-,27+,28-,29-,33+/m1/s1. The molecule has 14 heteroatoms. The Morgan fingerprint density at radius 3 is 2.09 bits per heavy atom. The minimum absolute atomic E-state index is 0.0128. The zero-order valence-corrected chi connectivity index (χ0v) is 25.6. The van der Waals surface area contributed by atoms with Crippen molar-refractivity contribution in [2.75, 3.05) is 34.5 Å². The van der Waals surface area contributed by atoms with E-state index in [0.29, 0.717) is 22.4 Å². The van der Waals surface area contributed by atoms with Crippen LogP contribution in [0.25, 0.3) is 22.1 Å². The van der Waals surface area contributed by atoms with Crippen molar-refractivity contribution in [3.63, 3.8) is 0 Å². The van der Waals surface area contributed by atoms with Crippen molar-refractivity contribution >= 4 is 11.0 Å². The fourth-order valence-corrected chi connectivity index (χ4v) is 5.63. The second-order valence-corrected chi connectivity index (χ2v) is 10.9. The summed E-state index contributed by atoms with van der Waals surface area (Å²) >= 11 is 0. The van der Waals surface area contributed by atoms with Crippen molar-refractivity contribution in [1.82, 2.24) is 0 Å². The van der Waals surface area contributed by atoms with Crippen LogP contribution in [0.5, 0.6) is 34.5 Å². The molecule has 7 atom stereocenters. The van der Waals surface area contributed by atoms with E-state index in [-0.39, 0.29) is 45.1 Å². The normalized spacial score (nSPS) is 25.3. The molecule has 0 bridgehead atoms. The summed E-state index contributed by atoms with van der Waals surface area (Å²) in [5, 5.41) is 51.0. The monoisotopic (exact) mass is 654 g/mol. The van der Waals surface area contributed by atoms with Gasteiger partial charge in [-0.1, -0.05) is 12.1 Å². The number of ether oxygens (including phenoxy) is 7. The molecule has 1 saturated heterocycles. The molecule has 1 fully saturated rings. The quantitative estimate of drug-likeness (QED) is 0.174. The molecule has 0 spiro atoms. The second kappa shape index (κ2) is 13.3. The van der Waals surface area contributed by atoms with Crippen molar-refractivity contribution in [2.45, 2.75) is 42.9 Å². The van der Waals surface area contributed by atoms with Crippen LogP contribution in [-0.4, -0.2) is 96.9 Å². The van der Waals surface area contributed by atoms with Gasteiger partial charge in [0.05, 0.1) is 45.5 Å². The zero-order chi connectivity index (χ0) is 33.4. The van der Waals surface area contributed by atoms with Gasteiger partial charge in [0.15, 0.2) is 35.0 Å². The van der Waals surface area contributed by atoms with Crippen LogP contribution >= 0.6 is 0 Å². The van der Waals surface area contributed by atoms with Gasteiger partial charge in [-0.3, -0.25) is 4.79 Å². The summed E-state index contributed by atoms with van der Waals surface area (Å²) in [6.45, 7) is -1.12. The van der Waals surface area contributed by atoms with Crippen molar-refractivity contribution in [3.8, 4) is 45.6 Å². The summed E-state index contributed by atoms with van der Waals surface area (Å²) in [6.07, 6.45) is -8.11. The maximum Gasteiger partial charge on any atom is 0.229 e. The molecule has 1 aromatic heterocycles. The summed E-state index contributed by atoms with van der Waals surface area (Å²) in [5.74, 6) is 1.26. The van der Waals surface area contributed by atoms with Gasteiger partial charge in [-0.05, 0) is 42.0 Å². The lowest BCUT2D eigenvalue weighted by Crippen LogP contribution is -2.60. The van der Waals surface area contributed by atoms with Gasteiger partial charge in [0, 0.05) is 5.56 Å². The molecule has 0 saturated carbocycles. The van der Waals surface area contributed by atoms with Crippen LogP contribution in [0.15, 0.2) is 64.0 Å². The topological polar surface area (TPSA) is 196 Å². The van der Waals surface area contributed by atoms with Gasteiger partial charge in [0.1, 0.15) is 36.4 Å². The molecule has 0 radical (unpaired) electrons. The first-order valence-electron chi connectivity index (χ1n) is 14.6. The fraction of sp³-hybridized carbons (Fsp3) is 0.364. The number of hydrogen-bond donors (Lipinski definition) is 5. The molecule has 14 nitrogen and oxygen atoms in total. The Morgan fingerprint density at radius 1 is 0.787 bits per heavy atom. The summed E-state index contributed by atoms with van der Waals surface area (Å²) in [5.41, 5.74) is 1.31. The Kier molecular flexibility index (Phi) is 9.14. The molecule has 2 aliphatic heterocycles. The van der Waals surface area contributed by atoms with Crippen LogP contribution in [-0.2, 0) is 4.74 Å². The molecule has 3 heterocycles. The van der Waals surface area contributed by atoms with Crippen molar-refractivity contribution < 1.29 is 63.1 Å². The van der Waals surface area contributed by atoms with Gasteiger partial charge in [0.2, 0.25) is 23.2 Å². The Bertz CT molecular complexity index is 1760. The molecule has 0 unspecified atom stereocenters. The molecule has 250 valence electrons. The summed E-state index contributed by atoms with van der Waals surface area (Å²) in [4.78, 5) is 13.5. The van der Waals surface area contributed by atoms with Crippen molar-refractivity contribution in [2.24, 2.45) is 0 Å². The van der Waals surface area contributed by atoms with E-state index in [2.05, 4.69) is 0 Å². The third kappa shape index (κ3) is 5.79. The van der Waals surface area contributed by atoms with Crippen LogP contribution in [0.3, 0.4) is 0 Å². The lowest BCUT2D eigenvalue weighted by Gasteiger charge is -2.39. The highest BCUT2D eigenvalue weighted by Gasteiger charge is 2.45. The maximum absolute atomic E-state index is 13.5. The zero-order valence-electron chi connectivity index (χ0n) is 25.6. The summed E-state index contributed by atoms with van der Waals surface area (Å²) < 4.78 is 46.0. The molecule has 3 aromatic carbocycles. The Hall–Kier alpha value is -4.57. The third-order valence-electron chi connectivity index (χ3n) is 8.20. The van der Waals surface area contributed by atoms with E-state index in [0.717, 1.165) is 0 Å². The Balaban J connectivity index is 1.32. The first-order valence-corrected chi connectivity index (χ1v) is 14.6. The second-order valence-electron chi connectivity index (χ2n) is 10.9. The van der Waals surface area contributed by atoms with E-state index >= 15 is 0 Å². The Labute approximate surface area is 267 Å². The predicted molar refractivity (Wildman–Crippen MR) is 163 cm³/mol. The average molecular weight is 655 g/mol. The number of aliphatic hydroxyl groups is 5. The van der Waals surface area contributed by atoms with E-state index in [1.165, 1.54) is 20.5 Å². The molecule has 5 N–H and O–H groups in total. The van der Waals surface area contributed by atoms with Crippen molar-refractivity contribution in [1.29, 1.82) is 0 Å². The molecule has 0 aliphatic carbocycles. The highest BCUT2D eigenvalue weighted by Crippen LogP contribution is 2.47. The lowest BCUT2D eigenvalue weighted by atomic mass is 9.99. The summed E-state index contributed by atoms with van der Waals surface area (Å²) in [7, 11) is 4.29. The molecule has 47 heavy (non-hydrogen) atoms. The van der Waals surface area contributed by atoms with Crippen LogP contribution < -0.4 is 33.8 Å².